The van der Waals surface area contributed by atoms with Crippen LogP contribution in [0.5, 0.6) is 40.2 Å². The highest BCUT2D eigenvalue weighted by Gasteiger charge is 2.48. The molecule has 62 heavy (non-hydrogen) atoms. The number of aliphatic carboxylic acids is 1. The molecule has 0 amide bonds. The van der Waals surface area contributed by atoms with Gasteiger partial charge in [0.05, 0.1) is 12.7 Å². The third-order valence-corrected chi connectivity index (χ3v) is 9.71. The van der Waals surface area contributed by atoms with Crippen molar-refractivity contribution in [2.75, 3.05) is 20.3 Å². The first-order valence-corrected chi connectivity index (χ1v) is 18.5. The lowest BCUT2D eigenvalue weighted by Gasteiger charge is -2.41. The topological polar surface area (TPSA) is 348 Å². The van der Waals surface area contributed by atoms with Crippen LogP contribution in [0.15, 0.2) is 60.4 Å². The number of carboxylic acids is 1. The van der Waals surface area contributed by atoms with Gasteiger partial charge in [-0.15, -0.1) is 0 Å². The van der Waals surface area contributed by atoms with Crippen molar-refractivity contribution in [1.82, 2.24) is 0 Å². The molecule has 0 radical (unpaired) electrons. The Morgan fingerprint density at radius 2 is 1.32 bits per heavy atom. The number of phenols is 4. The molecule has 0 spiro atoms. The number of aliphatic hydroxyl groups is 6. The maximum Gasteiger partial charge on any atom is 0.330 e. The molecular weight excluding hydrogens is 832 g/mol. The average Bonchev–Trinajstić information content (AvgIpc) is 3.23. The van der Waals surface area contributed by atoms with Crippen molar-refractivity contribution in [3.8, 4) is 40.2 Å². The molecule has 11 unspecified atom stereocenters. The van der Waals surface area contributed by atoms with E-state index in [1.165, 1.54) is 49.6 Å². The fourth-order valence-electron chi connectivity index (χ4n) is 6.45. The Balaban J connectivity index is 1.29. The number of carbonyl (C=O) groups excluding carboxylic acids is 2. The number of rotatable bonds is 14. The number of ether oxygens (including phenoxy) is 8. The van der Waals surface area contributed by atoms with Gasteiger partial charge < -0.3 is 94.1 Å². The molecule has 2 fully saturated rings. The smallest absolute Gasteiger partial charge is 0.330 e. The third-order valence-electron chi connectivity index (χ3n) is 9.71. The lowest BCUT2D eigenvalue weighted by Crippen LogP contribution is -2.60. The van der Waals surface area contributed by atoms with E-state index in [2.05, 4.69) is 0 Å². The molecule has 22 heteroatoms. The van der Waals surface area contributed by atoms with Crippen LogP contribution in [-0.4, -0.2) is 156 Å². The van der Waals surface area contributed by atoms with Gasteiger partial charge in [-0.2, -0.15) is 0 Å². The summed E-state index contributed by atoms with van der Waals surface area (Å²) < 4.78 is 44.7. The second kappa shape index (κ2) is 19.1. The number of aromatic hydroxyl groups is 4. The first-order chi connectivity index (χ1) is 29.4. The molecule has 22 nitrogen and oxygen atoms in total. The molecule has 0 aromatic heterocycles. The van der Waals surface area contributed by atoms with Crippen LogP contribution >= 0.6 is 0 Å². The quantitative estimate of drug-likeness (QED) is 0.0412. The number of carbonyl (C=O) groups is 3. The number of hydrogen-bond donors (Lipinski definition) is 11. The normalized spacial score (nSPS) is 28.2. The lowest BCUT2D eigenvalue weighted by atomic mass is 9.98. The van der Waals surface area contributed by atoms with Crippen LogP contribution in [0.3, 0.4) is 0 Å². The molecule has 11 N–H and O–H groups in total. The van der Waals surface area contributed by atoms with Crippen molar-refractivity contribution >= 4 is 30.1 Å². The second-order valence-electron chi connectivity index (χ2n) is 14.1. The molecule has 334 valence electrons. The summed E-state index contributed by atoms with van der Waals surface area (Å²) in [6, 6.07) is 10.3. The van der Waals surface area contributed by atoms with Gasteiger partial charge in [-0.3, -0.25) is 9.59 Å². The van der Waals surface area contributed by atoms with Crippen LogP contribution in [-0.2, 0) is 38.1 Å². The monoisotopic (exact) mass is 874 g/mol. The van der Waals surface area contributed by atoms with Crippen molar-refractivity contribution in [3.63, 3.8) is 0 Å². The van der Waals surface area contributed by atoms with Gasteiger partial charge in [0.25, 0.3) is 0 Å². The van der Waals surface area contributed by atoms with Gasteiger partial charge in [0, 0.05) is 23.8 Å². The van der Waals surface area contributed by atoms with Gasteiger partial charge in [-0.05, 0) is 42.0 Å². The van der Waals surface area contributed by atoms with Crippen LogP contribution in [0, 0.1) is 0 Å². The summed E-state index contributed by atoms with van der Waals surface area (Å²) in [6.45, 7) is -1.43. The van der Waals surface area contributed by atoms with Crippen molar-refractivity contribution in [2.45, 2.75) is 73.9 Å². The van der Waals surface area contributed by atoms with Crippen molar-refractivity contribution < 1.29 is 108 Å². The Kier molecular flexibility index (Phi) is 13.9. The van der Waals surface area contributed by atoms with E-state index in [-0.39, 0.29) is 39.9 Å². The van der Waals surface area contributed by atoms with E-state index in [4.69, 9.17) is 43.0 Å². The molecule has 3 aromatic rings. The molecular formula is C40H42O22. The number of benzene rings is 3. The molecule has 0 saturated carbocycles. The van der Waals surface area contributed by atoms with Crippen LogP contribution in [0.4, 0.5) is 0 Å². The minimum Gasteiger partial charge on any atom is -0.508 e. The molecule has 6 rings (SSSR count). The van der Waals surface area contributed by atoms with Crippen LogP contribution in [0.2, 0.25) is 0 Å². The summed E-state index contributed by atoms with van der Waals surface area (Å²) in [7, 11) is 1.20. The summed E-state index contributed by atoms with van der Waals surface area (Å²) in [5.41, 5.74) is 0.491. The van der Waals surface area contributed by atoms with Gasteiger partial charge in [-0.1, -0.05) is 12.1 Å². The Hall–Kier alpha value is -6.37. The van der Waals surface area contributed by atoms with E-state index in [9.17, 15) is 65.4 Å². The van der Waals surface area contributed by atoms with Gasteiger partial charge in [0.2, 0.25) is 18.3 Å². The largest absolute Gasteiger partial charge is 0.508 e. The number of fused-ring (bicyclic) bond motifs is 1. The van der Waals surface area contributed by atoms with E-state index >= 15 is 0 Å². The first kappa shape index (κ1) is 45.2. The zero-order valence-electron chi connectivity index (χ0n) is 32.2. The molecule has 2 saturated heterocycles. The van der Waals surface area contributed by atoms with Gasteiger partial charge in [-0.25, -0.2) is 4.79 Å². The Morgan fingerprint density at radius 3 is 1.94 bits per heavy atom. The van der Waals surface area contributed by atoms with Gasteiger partial charge in [0.15, 0.2) is 17.6 Å². The Morgan fingerprint density at radius 1 is 0.710 bits per heavy atom. The third kappa shape index (κ3) is 10.2. The standard InChI is InChI=1S/C40H42O22/c1-55-24-9-17(8-21(43)31(24)48)38-25(60-40-37(54)35(52)32(49)26(62-40)14-56-29(46)7-4-16-2-5-18(41)6-3-16)12-20-22(58-38)10-19(42)11-23(20)59-39-36(53)34(51)33(50)27(61-39)15-57-30(47)13-28(44)45/h2-12,26-27,32-43,48-54H,13-15H2,1H3,(H,44,45). The Labute approximate surface area is 349 Å². The summed E-state index contributed by atoms with van der Waals surface area (Å²) in [5.74, 6) is -6.41. The van der Waals surface area contributed by atoms with E-state index in [1.54, 1.807) is 0 Å². The van der Waals surface area contributed by atoms with E-state index in [1.807, 2.05) is 0 Å². The van der Waals surface area contributed by atoms with E-state index < -0.39 is 122 Å². The highest BCUT2D eigenvalue weighted by Crippen LogP contribution is 2.48. The average molecular weight is 875 g/mol. The number of hydrogen-bond acceptors (Lipinski definition) is 21. The van der Waals surface area contributed by atoms with E-state index in [0.29, 0.717) is 5.56 Å². The first-order valence-electron chi connectivity index (χ1n) is 18.5. The second-order valence-corrected chi connectivity index (χ2v) is 14.1. The number of aliphatic hydroxyl groups excluding tert-OH is 6. The maximum absolute atomic E-state index is 12.5. The van der Waals surface area contributed by atoms with Crippen LogP contribution < -0.4 is 14.2 Å². The predicted octanol–water partition coefficient (Wildman–Crippen LogP) is -0.723. The maximum atomic E-state index is 12.5. The Bertz CT molecular complexity index is 2170. The van der Waals surface area contributed by atoms with Crippen LogP contribution in [0.25, 0.3) is 12.2 Å². The molecule has 3 aromatic carbocycles. The summed E-state index contributed by atoms with van der Waals surface area (Å²) >= 11 is 0. The molecule has 3 heterocycles. The minimum absolute atomic E-state index is 0.00991. The van der Waals surface area contributed by atoms with E-state index in [0.717, 1.165) is 24.3 Å². The SMILES string of the molecule is COc1cc(C2Oc3cc(O)cc(OC4OC(COC(=O)CC(=O)O)C(O)C(O)C4O)c3C=C2OC2OC(COC(=O)C=Cc3ccc(O)cc3)C(O)C(O)C2O)cc(O)c1O. The molecule has 0 aliphatic carbocycles. The highest BCUT2D eigenvalue weighted by molar-refractivity contribution is 5.90. The molecule has 0 bridgehead atoms. The minimum atomic E-state index is -1.98. The van der Waals surface area contributed by atoms with Crippen molar-refractivity contribution in [3.05, 3.63) is 77.1 Å². The molecule has 11 atom stereocenters. The molecule has 3 aliphatic heterocycles. The zero-order valence-corrected chi connectivity index (χ0v) is 32.2. The van der Waals surface area contributed by atoms with Gasteiger partial charge >= 0.3 is 17.9 Å². The van der Waals surface area contributed by atoms with Crippen molar-refractivity contribution in [1.29, 1.82) is 0 Å². The number of esters is 2. The fourth-order valence-corrected chi connectivity index (χ4v) is 6.45. The highest BCUT2D eigenvalue weighted by atomic mass is 16.7. The zero-order chi connectivity index (χ0) is 45.0. The number of phenolic OH excluding ortho intramolecular Hbond substituents is 4. The number of methoxy groups -OCH3 is 1. The number of carboxylic acid groups (broad SMARTS) is 1. The van der Waals surface area contributed by atoms with Crippen molar-refractivity contribution in [2.24, 2.45) is 0 Å². The summed E-state index contributed by atoms with van der Waals surface area (Å²) in [5, 5.41) is 115. The predicted molar refractivity (Wildman–Crippen MR) is 202 cm³/mol. The van der Waals surface area contributed by atoms with Gasteiger partial charge in [0.1, 0.15) is 97.2 Å². The molecule has 3 aliphatic rings. The fraction of sp³-hybridized carbons (Fsp3) is 0.375. The lowest BCUT2D eigenvalue weighted by molar-refractivity contribution is -0.294. The summed E-state index contributed by atoms with van der Waals surface area (Å²) in [4.78, 5) is 35.3. The summed E-state index contributed by atoms with van der Waals surface area (Å²) in [6.07, 6.45) is -17.1. The van der Waals surface area contributed by atoms with Crippen LogP contribution in [0.1, 0.15) is 29.2 Å².